The summed E-state index contributed by atoms with van der Waals surface area (Å²) < 4.78 is 5.83. The molecular formula is C13H18ClNO3S. The number of thiophene rings is 1. The maximum atomic E-state index is 11.8. The number of hydrogen-bond donors (Lipinski definition) is 1. The molecule has 6 heteroatoms. The molecule has 0 saturated heterocycles. The predicted molar refractivity (Wildman–Crippen MR) is 76.7 cm³/mol. The fraction of sp³-hybridized carbons (Fsp3) is 0.538. The largest absolute Gasteiger partial charge is 0.460 e. The molecule has 0 aliphatic carbocycles. The van der Waals surface area contributed by atoms with Crippen molar-refractivity contribution in [1.82, 2.24) is 5.32 Å². The minimum Gasteiger partial charge on any atom is -0.460 e. The van der Waals surface area contributed by atoms with Gasteiger partial charge in [-0.2, -0.15) is 0 Å². The van der Waals surface area contributed by atoms with Crippen molar-refractivity contribution in [1.29, 1.82) is 0 Å². The van der Waals surface area contributed by atoms with Crippen molar-refractivity contribution in [3.05, 3.63) is 21.3 Å². The summed E-state index contributed by atoms with van der Waals surface area (Å²) in [5, 5.41) is 2.75. The van der Waals surface area contributed by atoms with Gasteiger partial charge in [0.05, 0.1) is 15.8 Å². The topological polar surface area (TPSA) is 55.4 Å². The van der Waals surface area contributed by atoms with Gasteiger partial charge in [0.1, 0.15) is 6.10 Å². The standard InChI is InChI=1S/C13H18ClNO3S/c1-3-5-12(16)18-9(4-2)8-15-13(17)10-6-7-11(14)19-10/h6-7,9H,3-5,8H2,1-2H3,(H,15,17). The van der Waals surface area contributed by atoms with E-state index >= 15 is 0 Å². The Hall–Kier alpha value is -1.07. The molecule has 1 amide bonds. The Kier molecular flexibility index (Phi) is 6.87. The molecule has 1 heterocycles. The molecule has 19 heavy (non-hydrogen) atoms. The Morgan fingerprint density at radius 3 is 2.68 bits per heavy atom. The van der Waals surface area contributed by atoms with Gasteiger partial charge in [0.25, 0.3) is 5.91 Å². The van der Waals surface area contributed by atoms with E-state index in [-0.39, 0.29) is 18.0 Å². The first-order valence-electron chi connectivity index (χ1n) is 6.29. The van der Waals surface area contributed by atoms with Gasteiger partial charge in [-0.05, 0) is 25.0 Å². The Bertz CT molecular complexity index is 433. The van der Waals surface area contributed by atoms with Crippen molar-refractivity contribution in [2.45, 2.75) is 39.2 Å². The summed E-state index contributed by atoms with van der Waals surface area (Å²) in [6.45, 7) is 4.16. The van der Waals surface area contributed by atoms with E-state index in [1.54, 1.807) is 12.1 Å². The fourth-order valence-corrected chi connectivity index (χ4v) is 2.41. The number of esters is 1. The molecule has 1 N–H and O–H groups in total. The first-order valence-corrected chi connectivity index (χ1v) is 7.49. The fourth-order valence-electron chi connectivity index (χ4n) is 1.45. The molecule has 106 valence electrons. The molecule has 0 radical (unpaired) electrons. The Balaban J connectivity index is 2.40. The zero-order chi connectivity index (χ0) is 14.3. The highest BCUT2D eigenvalue weighted by Gasteiger charge is 2.14. The van der Waals surface area contributed by atoms with Crippen LogP contribution in [0.25, 0.3) is 0 Å². The molecule has 1 rings (SSSR count). The molecule has 0 bridgehead atoms. The van der Waals surface area contributed by atoms with Crippen LogP contribution in [0.5, 0.6) is 0 Å². The lowest BCUT2D eigenvalue weighted by Crippen LogP contribution is -2.34. The van der Waals surface area contributed by atoms with Crippen molar-refractivity contribution in [2.75, 3.05) is 6.54 Å². The SMILES string of the molecule is CCCC(=O)OC(CC)CNC(=O)c1ccc(Cl)s1. The number of ether oxygens (including phenoxy) is 1. The highest BCUT2D eigenvalue weighted by Crippen LogP contribution is 2.21. The van der Waals surface area contributed by atoms with Crippen molar-refractivity contribution >= 4 is 34.8 Å². The molecule has 0 fully saturated rings. The second-order valence-corrected chi connectivity index (χ2v) is 5.80. The van der Waals surface area contributed by atoms with Crippen LogP contribution in [0.3, 0.4) is 0 Å². The molecule has 1 aromatic rings. The van der Waals surface area contributed by atoms with Gasteiger partial charge >= 0.3 is 5.97 Å². The third-order valence-corrected chi connectivity index (χ3v) is 3.72. The van der Waals surface area contributed by atoms with E-state index in [1.165, 1.54) is 11.3 Å². The van der Waals surface area contributed by atoms with Gasteiger partial charge in [0, 0.05) is 6.42 Å². The summed E-state index contributed by atoms with van der Waals surface area (Å²) >= 11 is 6.99. The van der Waals surface area contributed by atoms with E-state index < -0.39 is 0 Å². The van der Waals surface area contributed by atoms with Gasteiger partial charge in [-0.3, -0.25) is 9.59 Å². The maximum Gasteiger partial charge on any atom is 0.306 e. The number of carbonyl (C=O) groups is 2. The van der Waals surface area contributed by atoms with E-state index in [4.69, 9.17) is 16.3 Å². The first-order chi connectivity index (χ1) is 9.06. The molecular weight excluding hydrogens is 286 g/mol. The minimum atomic E-state index is -0.279. The average molecular weight is 304 g/mol. The van der Waals surface area contributed by atoms with Gasteiger partial charge < -0.3 is 10.1 Å². The highest BCUT2D eigenvalue weighted by molar-refractivity contribution is 7.17. The molecule has 1 unspecified atom stereocenters. The normalized spacial score (nSPS) is 11.9. The Morgan fingerprint density at radius 2 is 2.16 bits per heavy atom. The molecule has 1 atom stereocenters. The summed E-state index contributed by atoms with van der Waals surface area (Å²) in [7, 11) is 0. The van der Waals surface area contributed by atoms with Crippen molar-refractivity contribution < 1.29 is 14.3 Å². The average Bonchev–Trinajstić information content (AvgIpc) is 2.81. The van der Waals surface area contributed by atoms with Crippen molar-refractivity contribution in [3.63, 3.8) is 0 Å². The van der Waals surface area contributed by atoms with Crippen LogP contribution >= 0.6 is 22.9 Å². The number of halogens is 1. The third kappa shape index (κ3) is 5.61. The van der Waals surface area contributed by atoms with Gasteiger partial charge in [-0.25, -0.2) is 0 Å². The molecule has 0 aromatic carbocycles. The number of amides is 1. The summed E-state index contributed by atoms with van der Waals surface area (Å²) in [6, 6.07) is 3.35. The quantitative estimate of drug-likeness (QED) is 0.787. The van der Waals surface area contributed by atoms with Gasteiger partial charge in [-0.1, -0.05) is 25.4 Å². The third-order valence-electron chi connectivity index (χ3n) is 2.49. The predicted octanol–water partition coefficient (Wildman–Crippen LogP) is 3.25. The lowest BCUT2D eigenvalue weighted by atomic mass is 10.2. The molecule has 0 aliphatic rings. The van der Waals surface area contributed by atoms with Crippen LogP contribution in [-0.4, -0.2) is 24.5 Å². The Labute approximate surface area is 122 Å². The van der Waals surface area contributed by atoms with Crippen molar-refractivity contribution in [3.8, 4) is 0 Å². The lowest BCUT2D eigenvalue weighted by Gasteiger charge is -2.16. The maximum absolute atomic E-state index is 11.8. The van der Waals surface area contributed by atoms with Crippen LogP contribution in [-0.2, 0) is 9.53 Å². The summed E-state index contributed by atoms with van der Waals surface area (Å²) in [5.74, 6) is -0.412. The van der Waals surface area contributed by atoms with Crippen LogP contribution in [0.15, 0.2) is 12.1 Å². The number of carbonyl (C=O) groups excluding carboxylic acids is 2. The summed E-state index contributed by atoms with van der Waals surface area (Å²) in [4.78, 5) is 23.7. The summed E-state index contributed by atoms with van der Waals surface area (Å²) in [5.41, 5.74) is 0. The molecule has 0 aliphatic heterocycles. The summed E-state index contributed by atoms with van der Waals surface area (Å²) in [6.07, 6.45) is 1.56. The number of rotatable bonds is 7. The molecule has 0 saturated carbocycles. The van der Waals surface area contributed by atoms with Gasteiger partial charge in [0.2, 0.25) is 0 Å². The van der Waals surface area contributed by atoms with Crippen LogP contribution in [0.2, 0.25) is 4.34 Å². The van der Waals surface area contributed by atoms with Gasteiger partial charge in [0.15, 0.2) is 0 Å². The van der Waals surface area contributed by atoms with Crippen LogP contribution in [0.1, 0.15) is 42.8 Å². The zero-order valence-corrected chi connectivity index (χ0v) is 12.6. The van der Waals surface area contributed by atoms with Crippen LogP contribution < -0.4 is 5.32 Å². The van der Waals surface area contributed by atoms with Gasteiger partial charge in [-0.15, -0.1) is 11.3 Å². The monoisotopic (exact) mass is 303 g/mol. The van der Waals surface area contributed by atoms with E-state index in [0.29, 0.717) is 28.6 Å². The number of hydrogen-bond acceptors (Lipinski definition) is 4. The van der Waals surface area contributed by atoms with Crippen molar-refractivity contribution in [2.24, 2.45) is 0 Å². The zero-order valence-electron chi connectivity index (χ0n) is 11.1. The smallest absolute Gasteiger partial charge is 0.306 e. The first kappa shape index (κ1) is 16.0. The lowest BCUT2D eigenvalue weighted by molar-refractivity contribution is -0.149. The highest BCUT2D eigenvalue weighted by atomic mass is 35.5. The second kappa shape index (κ2) is 8.17. The molecule has 0 spiro atoms. The molecule has 1 aromatic heterocycles. The van der Waals surface area contributed by atoms with E-state index in [9.17, 15) is 9.59 Å². The second-order valence-electron chi connectivity index (χ2n) is 4.08. The Morgan fingerprint density at radius 1 is 1.42 bits per heavy atom. The molecule has 4 nitrogen and oxygen atoms in total. The van der Waals surface area contributed by atoms with E-state index in [2.05, 4.69) is 5.32 Å². The number of nitrogens with one attached hydrogen (secondary N) is 1. The van der Waals surface area contributed by atoms with Crippen LogP contribution in [0, 0.1) is 0 Å². The van der Waals surface area contributed by atoms with Crippen LogP contribution in [0.4, 0.5) is 0 Å². The minimum absolute atomic E-state index is 0.193. The van der Waals surface area contributed by atoms with E-state index in [1.807, 2.05) is 13.8 Å². The van der Waals surface area contributed by atoms with E-state index in [0.717, 1.165) is 6.42 Å².